The van der Waals surface area contributed by atoms with Crippen LogP contribution in [0.5, 0.6) is 0 Å². The van der Waals surface area contributed by atoms with E-state index in [1.165, 1.54) is 16.7 Å². The normalized spacial score (nSPS) is 16.6. The van der Waals surface area contributed by atoms with Crippen molar-refractivity contribution in [3.8, 4) is 0 Å². The molecule has 23 heavy (non-hydrogen) atoms. The molecule has 0 heterocycles. The van der Waals surface area contributed by atoms with Crippen LogP contribution < -0.4 is 5.32 Å². The highest BCUT2D eigenvalue weighted by atomic mass is 16.1. The van der Waals surface area contributed by atoms with E-state index in [-0.39, 0.29) is 11.8 Å². The fraction of sp³-hybridized carbons (Fsp3) is 0.381. The summed E-state index contributed by atoms with van der Waals surface area (Å²) in [6.45, 7) is 0.782. The fourth-order valence-corrected chi connectivity index (χ4v) is 3.46. The molecule has 0 aromatic heterocycles. The zero-order chi connectivity index (χ0) is 15.9. The maximum absolute atomic E-state index is 12.5. The first-order valence-electron chi connectivity index (χ1n) is 8.74. The monoisotopic (exact) mass is 307 g/mol. The molecule has 120 valence electrons. The number of benzene rings is 2. The first-order valence-corrected chi connectivity index (χ1v) is 8.74. The van der Waals surface area contributed by atoms with Gasteiger partial charge in [-0.3, -0.25) is 4.79 Å². The summed E-state index contributed by atoms with van der Waals surface area (Å²) in [5, 5.41) is 3.14. The molecule has 2 nitrogen and oxygen atoms in total. The zero-order valence-electron chi connectivity index (χ0n) is 13.6. The summed E-state index contributed by atoms with van der Waals surface area (Å²) in [6.07, 6.45) is 6.44. The number of rotatable bonds is 6. The second kappa shape index (κ2) is 7.96. The van der Waals surface area contributed by atoms with Crippen LogP contribution in [0.1, 0.15) is 48.3 Å². The third-order valence-corrected chi connectivity index (χ3v) is 4.72. The topological polar surface area (TPSA) is 29.1 Å². The number of nitrogens with one attached hydrogen (secondary N) is 1. The first-order chi connectivity index (χ1) is 11.3. The Bertz CT molecular complexity index is 635. The zero-order valence-corrected chi connectivity index (χ0v) is 13.6. The lowest BCUT2D eigenvalue weighted by Crippen LogP contribution is -2.32. The molecule has 1 aliphatic carbocycles. The Kier molecular flexibility index (Phi) is 5.46. The number of aryl methyl sites for hydroxylation is 2. The Hall–Kier alpha value is -2.09. The van der Waals surface area contributed by atoms with E-state index in [4.69, 9.17) is 0 Å². The average molecular weight is 307 g/mol. The minimum atomic E-state index is 0.0501. The third kappa shape index (κ3) is 4.22. The largest absolute Gasteiger partial charge is 0.356 e. The minimum absolute atomic E-state index is 0.0501. The third-order valence-electron chi connectivity index (χ3n) is 4.72. The molecule has 0 bridgehead atoms. The van der Waals surface area contributed by atoms with Crippen molar-refractivity contribution in [1.82, 2.24) is 5.32 Å². The summed E-state index contributed by atoms with van der Waals surface area (Å²) in [4.78, 5) is 12.5. The van der Waals surface area contributed by atoms with Crippen LogP contribution in [0.3, 0.4) is 0 Å². The molecule has 1 atom stereocenters. The minimum Gasteiger partial charge on any atom is -0.356 e. The lowest BCUT2D eigenvalue weighted by molar-refractivity contribution is -0.122. The van der Waals surface area contributed by atoms with E-state index in [9.17, 15) is 4.79 Å². The van der Waals surface area contributed by atoms with Crippen LogP contribution in [-0.2, 0) is 17.6 Å². The van der Waals surface area contributed by atoms with Crippen molar-refractivity contribution < 1.29 is 4.79 Å². The van der Waals surface area contributed by atoms with Crippen LogP contribution >= 0.6 is 0 Å². The van der Waals surface area contributed by atoms with Crippen molar-refractivity contribution in [3.63, 3.8) is 0 Å². The van der Waals surface area contributed by atoms with Crippen molar-refractivity contribution in [2.24, 2.45) is 0 Å². The van der Waals surface area contributed by atoms with Gasteiger partial charge in [-0.15, -0.1) is 0 Å². The molecule has 0 radical (unpaired) electrons. The molecule has 2 heteroatoms. The molecule has 0 spiro atoms. The molecule has 0 fully saturated rings. The van der Waals surface area contributed by atoms with E-state index in [1.54, 1.807) is 0 Å². The summed E-state index contributed by atoms with van der Waals surface area (Å²) < 4.78 is 0. The van der Waals surface area contributed by atoms with Gasteiger partial charge in [0.2, 0.25) is 5.91 Å². The average Bonchev–Trinajstić information content (AvgIpc) is 2.61. The maximum atomic E-state index is 12.5. The molecule has 2 aromatic rings. The second-order valence-electron chi connectivity index (χ2n) is 6.38. The van der Waals surface area contributed by atoms with Crippen LogP contribution in [0.2, 0.25) is 0 Å². The second-order valence-corrected chi connectivity index (χ2v) is 6.38. The Morgan fingerprint density at radius 2 is 1.78 bits per heavy atom. The van der Waals surface area contributed by atoms with Gasteiger partial charge in [0.1, 0.15) is 0 Å². The van der Waals surface area contributed by atoms with Gasteiger partial charge >= 0.3 is 0 Å². The lowest BCUT2D eigenvalue weighted by Gasteiger charge is -2.24. The predicted octanol–water partition coefficient (Wildman–Crippen LogP) is 4.25. The number of hydrogen-bond acceptors (Lipinski definition) is 1. The lowest BCUT2D eigenvalue weighted by atomic mass is 9.82. The number of hydrogen-bond donors (Lipinski definition) is 1. The molecule has 0 saturated heterocycles. The SMILES string of the molecule is O=C(NCCCCc1ccccc1)[C@H]1CCCc2ccccc21. The molecule has 0 unspecified atom stereocenters. The molecule has 1 aliphatic rings. The van der Waals surface area contributed by atoms with Crippen LogP contribution in [0.25, 0.3) is 0 Å². The number of carbonyl (C=O) groups is 1. The van der Waals surface area contributed by atoms with Crippen molar-refractivity contribution >= 4 is 5.91 Å². The van der Waals surface area contributed by atoms with E-state index in [0.29, 0.717) is 0 Å². The fourth-order valence-electron chi connectivity index (χ4n) is 3.46. The van der Waals surface area contributed by atoms with Gasteiger partial charge in [-0.05, 0) is 55.2 Å². The molecule has 3 rings (SSSR count). The van der Waals surface area contributed by atoms with E-state index in [2.05, 4.69) is 47.8 Å². The molecule has 1 N–H and O–H groups in total. The standard InChI is InChI=1S/C21H25NO/c23-21(20-15-8-13-18-12-4-5-14-19(18)20)22-16-7-6-11-17-9-2-1-3-10-17/h1-5,9-10,12,14,20H,6-8,11,13,15-16H2,(H,22,23)/t20-/m0/s1. The Labute approximate surface area is 138 Å². The van der Waals surface area contributed by atoms with E-state index >= 15 is 0 Å². The maximum Gasteiger partial charge on any atom is 0.227 e. The number of carbonyl (C=O) groups excluding carboxylic acids is 1. The highest BCUT2D eigenvalue weighted by molar-refractivity contribution is 5.84. The smallest absolute Gasteiger partial charge is 0.227 e. The summed E-state index contributed by atoms with van der Waals surface area (Å²) in [6, 6.07) is 18.9. The Morgan fingerprint density at radius 3 is 2.65 bits per heavy atom. The van der Waals surface area contributed by atoms with Crippen LogP contribution in [0, 0.1) is 0 Å². The number of amides is 1. The molecular formula is C21H25NO. The van der Waals surface area contributed by atoms with E-state index < -0.39 is 0 Å². The summed E-state index contributed by atoms with van der Waals surface area (Å²) in [5.74, 6) is 0.255. The van der Waals surface area contributed by atoms with Gasteiger partial charge in [0.25, 0.3) is 0 Å². The van der Waals surface area contributed by atoms with Gasteiger partial charge < -0.3 is 5.32 Å². The Morgan fingerprint density at radius 1 is 1.00 bits per heavy atom. The predicted molar refractivity (Wildman–Crippen MR) is 94.5 cm³/mol. The molecule has 0 aliphatic heterocycles. The van der Waals surface area contributed by atoms with Gasteiger partial charge in [0, 0.05) is 6.54 Å². The van der Waals surface area contributed by atoms with Gasteiger partial charge in [-0.25, -0.2) is 0 Å². The highest BCUT2D eigenvalue weighted by Crippen LogP contribution is 2.31. The molecule has 1 amide bonds. The Balaban J connectivity index is 1.43. The van der Waals surface area contributed by atoms with Crippen LogP contribution in [-0.4, -0.2) is 12.5 Å². The van der Waals surface area contributed by atoms with E-state index in [1.807, 2.05) is 12.1 Å². The summed E-state index contributed by atoms with van der Waals surface area (Å²) in [7, 11) is 0. The van der Waals surface area contributed by atoms with E-state index in [0.717, 1.165) is 45.1 Å². The van der Waals surface area contributed by atoms with Crippen LogP contribution in [0.4, 0.5) is 0 Å². The molecular weight excluding hydrogens is 282 g/mol. The molecule has 0 saturated carbocycles. The van der Waals surface area contributed by atoms with Gasteiger partial charge in [0.15, 0.2) is 0 Å². The quantitative estimate of drug-likeness (QED) is 0.794. The van der Waals surface area contributed by atoms with Crippen molar-refractivity contribution in [1.29, 1.82) is 0 Å². The van der Waals surface area contributed by atoms with Gasteiger partial charge in [-0.2, -0.15) is 0 Å². The van der Waals surface area contributed by atoms with Crippen molar-refractivity contribution in [2.45, 2.75) is 44.4 Å². The summed E-state index contributed by atoms with van der Waals surface area (Å²) >= 11 is 0. The molecule has 2 aromatic carbocycles. The number of fused-ring (bicyclic) bond motifs is 1. The first kappa shape index (κ1) is 15.8. The number of unbranched alkanes of at least 4 members (excludes halogenated alkanes) is 1. The summed E-state index contributed by atoms with van der Waals surface area (Å²) in [5.41, 5.74) is 3.96. The highest BCUT2D eigenvalue weighted by Gasteiger charge is 2.25. The van der Waals surface area contributed by atoms with Gasteiger partial charge in [-0.1, -0.05) is 54.6 Å². The van der Waals surface area contributed by atoms with Crippen LogP contribution in [0.15, 0.2) is 54.6 Å². The van der Waals surface area contributed by atoms with Gasteiger partial charge in [0.05, 0.1) is 5.92 Å². The van der Waals surface area contributed by atoms with Crippen molar-refractivity contribution in [2.75, 3.05) is 6.54 Å². The van der Waals surface area contributed by atoms with Crippen molar-refractivity contribution in [3.05, 3.63) is 71.3 Å².